The van der Waals surface area contributed by atoms with Crippen molar-refractivity contribution in [2.24, 2.45) is 0 Å². The van der Waals surface area contributed by atoms with E-state index in [9.17, 15) is 18.0 Å². The highest BCUT2D eigenvalue weighted by atomic mass is 35.5. The predicted molar refractivity (Wildman–Crippen MR) is 98.2 cm³/mol. The van der Waals surface area contributed by atoms with Gasteiger partial charge in [0.25, 0.3) is 0 Å². The van der Waals surface area contributed by atoms with Gasteiger partial charge in [0.2, 0.25) is 0 Å². The number of anilines is 2. The minimum absolute atomic E-state index is 0.236. The van der Waals surface area contributed by atoms with Crippen molar-refractivity contribution in [3.8, 4) is 0 Å². The Morgan fingerprint density at radius 2 is 1.85 bits per heavy atom. The molecule has 144 valence electrons. The molecule has 0 bridgehead atoms. The largest absolute Gasteiger partial charge is 0.417 e. The van der Waals surface area contributed by atoms with Gasteiger partial charge < -0.3 is 15.1 Å². The number of halogens is 4. The second-order valence-electron chi connectivity index (χ2n) is 6.27. The number of pyridine rings is 1. The molecule has 0 unspecified atom stereocenters. The average molecular weight is 399 g/mol. The van der Waals surface area contributed by atoms with Crippen LogP contribution in [0, 0.1) is 6.92 Å². The van der Waals surface area contributed by atoms with Crippen LogP contribution in [-0.2, 0) is 6.18 Å². The van der Waals surface area contributed by atoms with Crippen LogP contribution in [0.5, 0.6) is 0 Å². The number of nitrogens with zero attached hydrogens (tertiary/aromatic N) is 3. The molecule has 5 nitrogen and oxygen atoms in total. The maximum absolute atomic E-state index is 12.6. The van der Waals surface area contributed by atoms with Crippen LogP contribution >= 0.6 is 11.6 Å². The van der Waals surface area contributed by atoms with Gasteiger partial charge in [-0.15, -0.1) is 0 Å². The quantitative estimate of drug-likeness (QED) is 0.814. The number of aryl methyl sites for hydroxylation is 1. The molecule has 1 saturated heterocycles. The Balaban J connectivity index is 1.58. The van der Waals surface area contributed by atoms with Gasteiger partial charge in [0.1, 0.15) is 5.82 Å². The van der Waals surface area contributed by atoms with E-state index in [1.165, 1.54) is 6.07 Å². The van der Waals surface area contributed by atoms with E-state index < -0.39 is 11.7 Å². The zero-order valence-corrected chi connectivity index (χ0v) is 15.3. The molecular weight excluding hydrogens is 381 g/mol. The number of amides is 2. The first-order valence-electron chi connectivity index (χ1n) is 8.34. The zero-order valence-electron chi connectivity index (χ0n) is 14.6. The van der Waals surface area contributed by atoms with Crippen LogP contribution < -0.4 is 10.2 Å². The number of hydrogen-bond acceptors (Lipinski definition) is 3. The second kappa shape index (κ2) is 7.64. The highest BCUT2D eigenvalue weighted by molar-refractivity contribution is 6.31. The summed E-state index contributed by atoms with van der Waals surface area (Å²) in [6, 6.07) is 7.41. The molecule has 0 aliphatic carbocycles. The van der Waals surface area contributed by atoms with E-state index in [0.29, 0.717) is 42.7 Å². The number of hydrogen-bond donors (Lipinski definition) is 1. The highest BCUT2D eigenvalue weighted by Gasteiger charge is 2.31. The van der Waals surface area contributed by atoms with Crippen LogP contribution in [-0.4, -0.2) is 42.1 Å². The molecular formula is C18H18ClF3N4O. The van der Waals surface area contributed by atoms with Crippen molar-refractivity contribution < 1.29 is 18.0 Å². The summed E-state index contributed by atoms with van der Waals surface area (Å²) in [5.41, 5.74) is 0.779. The molecule has 1 fully saturated rings. The van der Waals surface area contributed by atoms with Gasteiger partial charge in [-0.25, -0.2) is 9.78 Å². The standard InChI is InChI=1S/C18H18ClF3N4O/c1-12-2-4-14(19)10-15(12)24-17(27)26-8-6-25(7-9-26)16-5-3-13(11-23-16)18(20,21)22/h2-5,10-11H,6-9H2,1H3,(H,24,27). The molecule has 3 rings (SSSR count). The van der Waals surface area contributed by atoms with Crippen LogP contribution in [0.1, 0.15) is 11.1 Å². The zero-order chi connectivity index (χ0) is 19.6. The summed E-state index contributed by atoms with van der Waals surface area (Å²) in [4.78, 5) is 19.9. The summed E-state index contributed by atoms with van der Waals surface area (Å²) in [7, 11) is 0. The number of rotatable bonds is 2. The van der Waals surface area contributed by atoms with Crippen LogP contribution in [0.4, 0.5) is 29.5 Å². The molecule has 1 aliphatic heterocycles. The molecule has 1 aliphatic rings. The molecule has 0 atom stereocenters. The van der Waals surface area contributed by atoms with E-state index in [0.717, 1.165) is 17.8 Å². The second-order valence-corrected chi connectivity index (χ2v) is 6.70. The third-order valence-corrected chi connectivity index (χ3v) is 4.64. The molecule has 1 aromatic carbocycles. The number of carbonyl (C=O) groups excluding carboxylic acids is 1. The van der Waals surface area contributed by atoms with Crippen LogP contribution in [0.2, 0.25) is 5.02 Å². The van der Waals surface area contributed by atoms with Gasteiger partial charge >= 0.3 is 12.2 Å². The smallest absolute Gasteiger partial charge is 0.353 e. The SMILES string of the molecule is Cc1ccc(Cl)cc1NC(=O)N1CCN(c2ccc(C(F)(F)F)cn2)CC1. The van der Waals surface area contributed by atoms with Crippen LogP contribution in [0.3, 0.4) is 0 Å². The number of urea groups is 1. The number of carbonyl (C=O) groups is 1. The lowest BCUT2D eigenvalue weighted by molar-refractivity contribution is -0.137. The van der Waals surface area contributed by atoms with Crippen molar-refractivity contribution in [2.45, 2.75) is 13.1 Å². The number of alkyl halides is 3. The topological polar surface area (TPSA) is 48.5 Å². The third kappa shape index (κ3) is 4.63. The van der Waals surface area contributed by atoms with E-state index in [2.05, 4.69) is 10.3 Å². The van der Waals surface area contributed by atoms with Crippen molar-refractivity contribution >= 4 is 29.1 Å². The number of aromatic nitrogens is 1. The first-order valence-corrected chi connectivity index (χ1v) is 8.72. The molecule has 2 aromatic rings. The van der Waals surface area contributed by atoms with Gasteiger partial charge in [0, 0.05) is 43.1 Å². The fourth-order valence-corrected chi connectivity index (χ4v) is 2.97. The van der Waals surface area contributed by atoms with Gasteiger partial charge in [0.15, 0.2) is 0 Å². The van der Waals surface area contributed by atoms with E-state index in [4.69, 9.17) is 11.6 Å². The lowest BCUT2D eigenvalue weighted by Crippen LogP contribution is -2.50. The lowest BCUT2D eigenvalue weighted by atomic mass is 10.2. The molecule has 0 radical (unpaired) electrons. The third-order valence-electron chi connectivity index (χ3n) is 4.41. The first-order chi connectivity index (χ1) is 12.7. The van der Waals surface area contributed by atoms with Crippen molar-refractivity contribution in [1.29, 1.82) is 0 Å². The number of piperazine rings is 1. The molecule has 0 saturated carbocycles. The van der Waals surface area contributed by atoms with Gasteiger partial charge in [0.05, 0.1) is 5.56 Å². The van der Waals surface area contributed by atoms with Gasteiger partial charge in [-0.1, -0.05) is 17.7 Å². The Labute approximate surface area is 159 Å². The summed E-state index contributed by atoms with van der Waals surface area (Å²) in [6.45, 7) is 3.73. The number of nitrogens with one attached hydrogen (secondary N) is 1. The van der Waals surface area contributed by atoms with Crippen molar-refractivity contribution in [3.05, 3.63) is 52.7 Å². The minimum atomic E-state index is -4.40. The van der Waals surface area contributed by atoms with Gasteiger partial charge in [-0.3, -0.25) is 0 Å². The molecule has 9 heteroatoms. The molecule has 1 N–H and O–H groups in total. The molecule has 2 amide bonds. The summed E-state index contributed by atoms with van der Waals surface area (Å²) < 4.78 is 37.9. The van der Waals surface area contributed by atoms with Crippen molar-refractivity contribution in [1.82, 2.24) is 9.88 Å². The maximum Gasteiger partial charge on any atom is 0.417 e. The Hall–Kier alpha value is -2.48. The molecule has 0 spiro atoms. The lowest BCUT2D eigenvalue weighted by Gasteiger charge is -2.35. The van der Waals surface area contributed by atoms with E-state index in [1.807, 2.05) is 17.9 Å². The Kier molecular flexibility index (Phi) is 5.46. The monoisotopic (exact) mass is 398 g/mol. The highest BCUT2D eigenvalue weighted by Crippen LogP contribution is 2.29. The van der Waals surface area contributed by atoms with E-state index in [-0.39, 0.29) is 6.03 Å². The van der Waals surface area contributed by atoms with Crippen LogP contribution in [0.15, 0.2) is 36.5 Å². The number of benzene rings is 1. The Morgan fingerprint density at radius 1 is 1.15 bits per heavy atom. The average Bonchev–Trinajstić information content (AvgIpc) is 2.64. The first kappa shape index (κ1) is 19.3. The fraction of sp³-hybridized carbons (Fsp3) is 0.333. The minimum Gasteiger partial charge on any atom is -0.353 e. The van der Waals surface area contributed by atoms with Gasteiger partial charge in [-0.2, -0.15) is 13.2 Å². The normalized spacial score (nSPS) is 15.0. The predicted octanol–water partition coefficient (Wildman–Crippen LogP) is 4.42. The summed E-state index contributed by atoms with van der Waals surface area (Å²) >= 11 is 5.96. The van der Waals surface area contributed by atoms with E-state index >= 15 is 0 Å². The Bertz CT molecular complexity index is 818. The maximum atomic E-state index is 12.6. The molecule has 27 heavy (non-hydrogen) atoms. The van der Waals surface area contributed by atoms with Crippen molar-refractivity contribution in [3.63, 3.8) is 0 Å². The van der Waals surface area contributed by atoms with E-state index in [1.54, 1.807) is 17.0 Å². The summed E-state index contributed by atoms with van der Waals surface area (Å²) in [5, 5.41) is 3.38. The Morgan fingerprint density at radius 3 is 2.44 bits per heavy atom. The van der Waals surface area contributed by atoms with Crippen LogP contribution in [0.25, 0.3) is 0 Å². The summed E-state index contributed by atoms with van der Waals surface area (Å²) in [5.74, 6) is 0.466. The van der Waals surface area contributed by atoms with Gasteiger partial charge in [-0.05, 0) is 36.8 Å². The fourth-order valence-electron chi connectivity index (χ4n) is 2.80. The summed E-state index contributed by atoms with van der Waals surface area (Å²) in [6.07, 6.45) is -3.57. The molecule has 2 heterocycles. The van der Waals surface area contributed by atoms with Crippen molar-refractivity contribution in [2.75, 3.05) is 36.4 Å². The molecule has 1 aromatic heterocycles.